The maximum Gasteiger partial charge on any atom is 0.360 e. The number of nitrogens with zero attached hydrogens (tertiary/aromatic N) is 2. The summed E-state index contributed by atoms with van der Waals surface area (Å²) in [6.45, 7) is 6.49. The third-order valence-corrected chi connectivity index (χ3v) is 7.31. The van der Waals surface area contributed by atoms with Crippen LogP contribution in [0.15, 0.2) is 41.4 Å². The number of aryl methyl sites for hydroxylation is 1. The van der Waals surface area contributed by atoms with Gasteiger partial charge in [-0.3, -0.25) is 0 Å². The molecule has 1 atom stereocenters. The highest BCUT2D eigenvalue weighted by Gasteiger charge is 2.26. The second-order valence-corrected chi connectivity index (χ2v) is 9.55. The van der Waals surface area contributed by atoms with Crippen LogP contribution in [0, 0.1) is 0 Å². The van der Waals surface area contributed by atoms with Gasteiger partial charge in [-0.25, -0.2) is 9.78 Å². The number of esters is 1. The Hall–Kier alpha value is -2.84. The number of ether oxygens (including phenoxy) is 4. The fourth-order valence-electron chi connectivity index (χ4n) is 3.64. The van der Waals surface area contributed by atoms with E-state index in [1.807, 2.05) is 55.7 Å². The predicted octanol–water partition coefficient (Wildman–Crippen LogP) is 6.13. The Balaban J connectivity index is 1.69. The molecular weight excluding hydrogens is 488 g/mol. The van der Waals surface area contributed by atoms with Crippen LogP contribution in [0.1, 0.15) is 54.6 Å². The number of methoxy groups -OCH3 is 1. The highest BCUT2D eigenvalue weighted by atomic mass is 35.5. The van der Waals surface area contributed by atoms with Crippen LogP contribution in [0.5, 0.6) is 17.2 Å². The second-order valence-electron chi connectivity index (χ2n) is 8.18. The average molecular weight is 517 g/mol. The van der Waals surface area contributed by atoms with Gasteiger partial charge in [-0.2, -0.15) is 0 Å². The summed E-state index contributed by atoms with van der Waals surface area (Å²) in [6, 6.07) is 11.5. The molecule has 0 saturated heterocycles. The summed E-state index contributed by atoms with van der Waals surface area (Å²) in [4.78, 5) is 17.8. The van der Waals surface area contributed by atoms with E-state index in [2.05, 4.69) is 0 Å². The first kappa shape index (κ1) is 25.3. The summed E-state index contributed by atoms with van der Waals surface area (Å²) in [5.41, 5.74) is 2.29. The van der Waals surface area contributed by atoms with Gasteiger partial charge in [-0.1, -0.05) is 37.6 Å². The zero-order valence-corrected chi connectivity index (χ0v) is 21.9. The van der Waals surface area contributed by atoms with Gasteiger partial charge in [0.25, 0.3) is 0 Å². The molecule has 35 heavy (non-hydrogen) atoms. The molecule has 0 fully saturated rings. The zero-order valence-electron chi connectivity index (χ0n) is 20.3. The van der Waals surface area contributed by atoms with Crippen molar-refractivity contribution in [3.05, 3.63) is 64.1 Å². The molecule has 2 heterocycles. The molecule has 1 aromatic heterocycles. The molecular formula is C26H29ClN2O5S. The Kier molecular flexibility index (Phi) is 8.13. The number of fused-ring (bicyclic) bond motifs is 1. The highest BCUT2D eigenvalue weighted by Crippen LogP contribution is 2.38. The molecule has 1 aliphatic heterocycles. The molecule has 0 bridgehead atoms. The largest absolute Gasteiger partial charge is 0.497 e. The van der Waals surface area contributed by atoms with Crippen molar-refractivity contribution in [1.29, 1.82) is 0 Å². The first-order chi connectivity index (χ1) is 16.9. The van der Waals surface area contributed by atoms with Crippen LogP contribution < -0.4 is 14.2 Å². The number of carbonyl (C=O) groups is 1. The maximum atomic E-state index is 13.1. The highest BCUT2D eigenvalue weighted by molar-refractivity contribution is 7.98. The van der Waals surface area contributed by atoms with Gasteiger partial charge in [0.05, 0.1) is 19.8 Å². The van der Waals surface area contributed by atoms with Gasteiger partial charge in [0.15, 0.2) is 17.2 Å². The van der Waals surface area contributed by atoms with Gasteiger partial charge in [0.1, 0.15) is 16.6 Å². The van der Waals surface area contributed by atoms with Gasteiger partial charge in [0, 0.05) is 23.3 Å². The Morgan fingerprint density at radius 3 is 2.57 bits per heavy atom. The molecule has 1 unspecified atom stereocenters. The molecule has 2 aromatic carbocycles. The van der Waals surface area contributed by atoms with E-state index in [9.17, 15) is 4.79 Å². The minimum Gasteiger partial charge on any atom is -0.497 e. The molecule has 1 aliphatic rings. The normalized spacial score (nSPS) is 13.1. The van der Waals surface area contributed by atoms with E-state index in [1.54, 1.807) is 24.9 Å². The van der Waals surface area contributed by atoms with Crippen LogP contribution in [0.4, 0.5) is 0 Å². The van der Waals surface area contributed by atoms with E-state index in [-0.39, 0.29) is 12.9 Å². The number of hydrogen-bond donors (Lipinski definition) is 0. The number of hydrogen-bond acceptors (Lipinski definition) is 7. The van der Waals surface area contributed by atoms with Gasteiger partial charge in [-0.15, -0.1) is 11.8 Å². The Labute approximate surface area is 214 Å². The lowest BCUT2D eigenvalue weighted by atomic mass is 10.2. The van der Waals surface area contributed by atoms with Crippen LogP contribution >= 0.6 is 23.4 Å². The van der Waals surface area contributed by atoms with Crippen molar-refractivity contribution in [3.8, 4) is 17.2 Å². The SMILES string of the molecule is CCc1nc(C(=O)OC(C)CC)c(SCc2ccc(OC)cc2)n1Cc1cc2c(cc1Cl)OCO2. The van der Waals surface area contributed by atoms with Crippen LogP contribution in [0.3, 0.4) is 0 Å². The average Bonchev–Trinajstić information content (AvgIpc) is 3.46. The number of halogens is 1. The van der Waals surface area contributed by atoms with Gasteiger partial charge in [-0.05, 0) is 42.7 Å². The third-order valence-electron chi connectivity index (χ3n) is 5.80. The number of benzene rings is 2. The van der Waals surface area contributed by atoms with Crippen molar-refractivity contribution in [1.82, 2.24) is 9.55 Å². The molecule has 0 radical (unpaired) electrons. The zero-order chi connectivity index (χ0) is 24.9. The van der Waals surface area contributed by atoms with Crippen LogP contribution in [-0.4, -0.2) is 35.5 Å². The number of rotatable bonds is 10. The first-order valence-electron chi connectivity index (χ1n) is 11.6. The molecule has 9 heteroatoms. The molecule has 0 amide bonds. The van der Waals surface area contributed by atoms with E-state index in [4.69, 9.17) is 35.5 Å². The first-order valence-corrected chi connectivity index (χ1v) is 12.9. The van der Waals surface area contributed by atoms with Gasteiger partial charge in [0.2, 0.25) is 6.79 Å². The number of thioether (sulfide) groups is 1. The van der Waals surface area contributed by atoms with Crippen molar-refractivity contribution in [2.24, 2.45) is 0 Å². The summed E-state index contributed by atoms with van der Waals surface area (Å²) >= 11 is 8.13. The Morgan fingerprint density at radius 2 is 1.91 bits per heavy atom. The van der Waals surface area contributed by atoms with E-state index in [0.29, 0.717) is 40.9 Å². The van der Waals surface area contributed by atoms with Crippen molar-refractivity contribution < 1.29 is 23.7 Å². The van der Waals surface area contributed by atoms with E-state index in [1.165, 1.54) is 0 Å². The maximum absolute atomic E-state index is 13.1. The van der Waals surface area contributed by atoms with Crippen LogP contribution in [-0.2, 0) is 23.5 Å². The van der Waals surface area contributed by atoms with Crippen molar-refractivity contribution in [2.75, 3.05) is 13.9 Å². The van der Waals surface area contributed by atoms with E-state index < -0.39 is 5.97 Å². The molecule has 3 aromatic rings. The fourth-order valence-corrected chi connectivity index (χ4v) is 4.94. The van der Waals surface area contributed by atoms with Crippen LogP contribution in [0.25, 0.3) is 0 Å². The molecule has 7 nitrogen and oxygen atoms in total. The summed E-state index contributed by atoms with van der Waals surface area (Å²) in [6.07, 6.45) is 1.18. The lowest BCUT2D eigenvalue weighted by Crippen LogP contribution is -2.15. The number of carbonyl (C=O) groups excluding carboxylic acids is 1. The minimum atomic E-state index is -0.415. The summed E-state index contributed by atoms with van der Waals surface area (Å²) < 4.78 is 23.9. The second kappa shape index (κ2) is 11.3. The van der Waals surface area contributed by atoms with Crippen molar-refractivity contribution >= 4 is 29.3 Å². The lowest BCUT2D eigenvalue weighted by molar-refractivity contribution is 0.0323. The molecule has 0 saturated carbocycles. The van der Waals surface area contributed by atoms with Crippen molar-refractivity contribution in [3.63, 3.8) is 0 Å². The van der Waals surface area contributed by atoms with Gasteiger partial charge < -0.3 is 23.5 Å². The van der Waals surface area contributed by atoms with E-state index >= 15 is 0 Å². The number of aromatic nitrogens is 2. The molecule has 186 valence electrons. The van der Waals surface area contributed by atoms with Gasteiger partial charge >= 0.3 is 5.97 Å². The minimum absolute atomic E-state index is 0.176. The fraction of sp³-hybridized carbons (Fsp3) is 0.385. The number of imidazole rings is 1. The van der Waals surface area contributed by atoms with Crippen molar-refractivity contribution in [2.45, 2.75) is 57.0 Å². The molecule has 0 aliphatic carbocycles. The quantitative estimate of drug-likeness (QED) is 0.237. The third kappa shape index (κ3) is 5.70. The Bertz CT molecular complexity index is 1200. The van der Waals surface area contributed by atoms with E-state index in [0.717, 1.165) is 34.1 Å². The summed E-state index contributed by atoms with van der Waals surface area (Å²) in [5, 5.41) is 1.32. The van der Waals surface area contributed by atoms with Crippen LogP contribution in [0.2, 0.25) is 5.02 Å². The molecule has 4 rings (SSSR count). The summed E-state index contributed by atoms with van der Waals surface area (Å²) in [7, 11) is 1.64. The predicted molar refractivity (Wildman–Crippen MR) is 136 cm³/mol. The molecule has 0 spiro atoms. The lowest BCUT2D eigenvalue weighted by Gasteiger charge is -2.14. The smallest absolute Gasteiger partial charge is 0.360 e. The summed E-state index contributed by atoms with van der Waals surface area (Å²) in [5.74, 6) is 3.11. The monoisotopic (exact) mass is 516 g/mol. The Morgan fingerprint density at radius 1 is 1.20 bits per heavy atom. The topological polar surface area (TPSA) is 71.8 Å². The molecule has 0 N–H and O–H groups in total. The standard InChI is InChI=1S/C26H29ClN2O5S/c1-5-16(3)34-26(30)24-25(35-14-17-7-9-19(31-4)10-8-17)29(23(6-2)28-24)13-18-11-21-22(12-20(18)27)33-15-32-21/h7-12,16H,5-6,13-15H2,1-4H3.